The highest BCUT2D eigenvalue weighted by molar-refractivity contribution is 6.00. The number of carbonyl (C=O) groups is 1. The first-order valence-electron chi connectivity index (χ1n) is 13.3. The van der Waals surface area contributed by atoms with Crippen molar-refractivity contribution in [1.82, 2.24) is 29.3 Å². The highest BCUT2D eigenvalue weighted by atomic mass is 16.2. The lowest BCUT2D eigenvalue weighted by atomic mass is 9.92. The standard InChI is InChI=1S/C31H28N8O3/c1-31(2,3)25-15-26(39(37-25)22-9-10-24-19(13-22)8-11-27(40)35-24)36-30(42)34-21-7-5-6-18(12-21)23-14-20-16-32-17-33-28(20)38(4)29(23)41/h5-17H,1-4H3,(H,35,40)(H2,34,36,42). The molecule has 0 spiro atoms. The van der Waals surface area contributed by atoms with Crippen LogP contribution < -0.4 is 21.8 Å². The van der Waals surface area contributed by atoms with Crippen molar-refractivity contribution >= 4 is 39.5 Å². The fraction of sp³-hybridized carbons (Fsp3) is 0.161. The predicted molar refractivity (Wildman–Crippen MR) is 163 cm³/mol. The number of pyridine rings is 2. The molecule has 0 aliphatic rings. The van der Waals surface area contributed by atoms with E-state index in [-0.39, 0.29) is 16.5 Å². The quantitative estimate of drug-likeness (QED) is 0.278. The van der Waals surface area contributed by atoms with Gasteiger partial charge in [-0.25, -0.2) is 19.4 Å². The molecule has 0 aliphatic carbocycles. The summed E-state index contributed by atoms with van der Waals surface area (Å²) in [5, 5.41) is 12.1. The Morgan fingerprint density at radius 2 is 1.76 bits per heavy atom. The Bertz CT molecular complexity index is 2120. The lowest BCUT2D eigenvalue weighted by molar-refractivity contribution is 0.262. The Kier molecular flexibility index (Phi) is 6.41. The van der Waals surface area contributed by atoms with E-state index in [4.69, 9.17) is 5.10 Å². The maximum atomic E-state index is 13.2. The number of anilines is 2. The number of amides is 2. The van der Waals surface area contributed by atoms with Gasteiger partial charge in [0.2, 0.25) is 5.56 Å². The minimum absolute atomic E-state index is 0.178. The molecule has 11 heteroatoms. The van der Waals surface area contributed by atoms with Gasteiger partial charge >= 0.3 is 6.03 Å². The number of H-pyrrole nitrogens is 1. The second-order valence-corrected chi connectivity index (χ2v) is 11.1. The van der Waals surface area contributed by atoms with Gasteiger partial charge in [0, 0.05) is 58.3 Å². The van der Waals surface area contributed by atoms with Crippen LogP contribution >= 0.6 is 0 Å². The number of aryl methyl sites for hydroxylation is 1. The van der Waals surface area contributed by atoms with E-state index < -0.39 is 6.03 Å². The Morgan fingerprint density at radius 1 is 0.929 bits per heavy atom. The van der Waals surface area contributed by atoms with Crippen LogP contribution in [0.2, 0.25) is 0 Å². The second-order valence-electron chi connectivity index (χ2n) is 11.1. The number of aromatic amines is 1. The van der Waals surface area contributed by atoms with Crippen LogP contribution in [0.25, 0.3) is 38.8 Å². The number of hydrogen-bond donors (Lipinski definition) is 3. The number of urea groups is 1. The number of hydrogen-bond acceptors (Lipinski definition) is 6. The highest BCUT2D eigenvalue weighted by Crippen LogP contribution is 2.28. The van der Waals surface area contributed by atoms with Gasteiger partial charge in [-0.1, -0.05) is 32.9 Å². The van der Waals surface area contributed by atoms with Crippen molar-refractivity contribution < 1.29 is 4.79 Å². The zero-order valence-corrected chi connectivity index (χ0v) is 23.5. The SMILES string of the molecule is Cn1c(=O)c(-c2cccc(NC(=O)Nc3cc(C(C)(C)C)nn3-c3ccc4[nH]c(=O)ccc4c3)c2)cc2cncnc21. The molecule has 210 valence electrons. The van der Waals surface area contributed by atoms with Gasteiger partial charge in [-0.3, -0.25) is 19.5 Å². The van der Waals surface area contributed by atoms with Crippen LogP contribution in [0.1, 0.15) is 26.5 Å². The number of rotatable bonds is 4. The van der Waals surface area contributed by atoms with Gasteiger partial charge in [0.25, 0.3) is 5.56 Å². The maximum Gasteiger partial charge on any atom is 0.324 e. The number of benzene rings is 2. The van der Waals surface area contributed by atoms with Gasteiger partial charge < -0.3 is 10.3 Å². The molecule has 2 amide bonds. The number of carbonyl (C=O) groups excluding carboxylic acids is 1. The molecule has 6 rings (SSSR count). The summed E-state index contributed by atoms with van der Waals surface area (Å²) in [4.78, 5) is 49.1. The van der Waals surface area contributed by atoms with Crippen molar-refractivity contribution in [2.24, 2.45) is 7.05 Å². The van der Waals surface area contributed by atoms with E-state index >= 15 is 0 Å². The summed E-state index contributed by atoms with van der Waals surface area (Å²) in [6.45, 7) is 6.13. The lowest BCUT2D eigenvalue weighted by Crippen LogP contribution is -2.22. The van der Waals surface area contributed by atoms with E-state index in [0.717, 1.165) is 22.2 Å². The van der Waals surface area contributed by atoms with Crippen molar-refractivity contribution in [3.8, 4) is 16.8 Å². The molecule has 0 radical (unpaired) electrons. The summed E-state index contributed by atoms with van der Waals surface area (Å²) in [5.74, 6) is 0.473. The minimum atomic E-state index is -0.473. The van der Waals surface area contributed by atoms with Gasteiger partial charge in [0.1, 0.15) is 17.8 Å². The molecule has 11 nitrogen and oxygen atoms in total. The van der Waals surface area contributed by atoms with E-state index in [2.05, 4.69) is 25.6 Å². The predicted octanol–water partition coefficient (Wildman–Crippen LogP) is 4.96. The smallest absolute Gasteiger partial charge is 0.322 e. The zero-order valence-electron chi connectivity index (χ0n) is 23.5. The molecular formula is C31H28N8O3. The molecule has 4 aromatic heterocycles. The van der Waals surface area contributed by atoms with E-state index in [1.807, 2.05) is 51.1 Å². The molecule has 42 heavy (non-hydrogen) atoms. The summed E-state index contributed by atoms with van der Waals surface area (Å²) >= 11 is 0. The number of aromatic nitrogens is 6. The van der Waals surface area contributed by atoms with Crippen molar-refractivity contribution in [2.75, 3.05) is 10.6 Å². The first kappa shape index (κ1) is 26.6. The first-order chi connectivity index (χ1) is 20.1. The molecule has 0 saturated carbocycles. The van der Waals surface area contributed by atoms with Crippen molar-refractivity contribution in [3.63, 3.8) is 0 Å². The molecule has 0 bridgehead atoms. The third-order valence-electron chi connectivity index (χ3n) is 6.97. The van der Waals surface area contributed by atoms with E-state index in [1.54, 1.807) is 48.3 Å². The summed E-state index contributed by atoms with van der Waals surface area (Å²) in [6, 6.07) is 19.0. The zero-order chi connectivity index (χ0) is 29.6. The van der Waals surface area contributed by atoms with Gasteiger partial charge in [-0.15, -0.1) is 0 Å². The van der Waals surface area contributed by atoms with Crippen molar-refractivity contribution in [1.29, 1.82) is 0 Å². The third-order valence-corrected chi connectivity index (χ3v) is 6.97. The van der Waals surface area contributed by atoms with Gasteiger partial charge in [0.15, 0.2) is 0 Å². The molecule has 0 atom stereocenters. The van der Waals surface area contributed by atoms with Crippen LogP contribution in [0.15, 0.2) is 88.8 Å². The number of fused-ring (bicyclic) bond motifs is 2. The van der Waals surface area contributed by atoms with Gasteiger partial charge in [-0.2, -0.15) is 5.10 Å². The summed E-state index contributed by atoms with van der Waals surface area (Å²) in [5.41, 5.74) is 3.72. The second kappa shape index (κ2) is 10.1. The van der Waals surface area contributed by atoms with Crippen LogP contribution in [-0.2, 0) is 12.5 Å². The Hall–Kier alpha value is -5.58. The van der Waals surface area contributed by atoms with Crippen LogP contribution in [0.5, 0.6) is 0 Å². The topological polar surface area (TPSA) is 140 Å². The molecule has 3 N–H and O–H groups in total. The summed E-state index contributed by atoms with van der Waals surface area (Å²) in [6.07, 6.45) is 3.06. The highest BCUT2D eigenvalue weighted by Gasteiger charge is 2.22. The largest absolute Gasteiger partial charge is 0.324 e. The van der Waals surface area contributed by atoms with Crippen LogP contribution in [-0.4, -0.2) is 35.3 Å². The minimum Gasteiger partial charge on any atom is -0.322 e. The average Bonchev–Trinajstić information content (AvgIpc) is 3.39. The third kappa shape index (κ3) is 5.03. The molecular weight excluding hydrogens is 532 g/mol. The van der Waals surface area contributed by atoms with Gasteiger partial charge in [0.05, 0.1) is 11.4 Å². The van der Waals surface area contributed by atoms with E-state index in [1.165, 1.54) is 17.0 Å². The van der Waals surface area contributed by atoms with Gasteiger partial charge in [-0.05, 0) is 48.0 Å². The Balaban J connectivity index is 1.31. The average molecular weight is 561 g/mol. The maximum absolute atomic E-state index is 13.2. The van der Waals surface area contributed by atoms with E-state index in [9.17, 15) is 14.4 Å². The molecule has 0 fully saturated rings. The molecule has 0 aliphatic heterocycles. The van der Waals surface area contributed by atoms with Crippen molar-refractivity contribution in [3.05, 3.63) is 106 Å². The summed E-state index contributed by atoms with van der Waals surface area (Å²) in [7, 11) is 1.67. The fourth-order valence-electron chi connectivity index (χ4n) is 4.77. The fourth-order valence-corrected chi connectivity index (χ4v) is 4.77. The lowest BCUT2D eigenvalue weighted by Gasteiger charge is -2.14. The summed E-state index contributed by atoms with van der Waals surface area (Å²) < 4.78 is 3.15. The monoisotopic (exact) mass is 560 g/mol. The van der Waals surface area contributed by atoms with Crippen LogP contribution in [0, 0.1) is 0 Å². The number of nitrogens with one attached hydrogen (secondary N) is 3. The Labute approximate surface area is 239 Å². The molecule has 0 unspecified atom stereocenters. The van der Waals surface area contributed by atoms with Crippen LogP contribution in [0.4, 0.5) is 16.3 Å². The Morgan fingerprint density at radius 3 is 2.57 bits per heavy atom. The van der Waals surface area contributed by atoms with Crippen molar-refractivity contribution in [2.45, 2.75) is 26.2 Å². The number of nitrogens with zero attached hydrogens (tertiary/aromatic N) is 5. The normalized spacial score (nSPS) is 11.6. The van der Waals surface area contributed by atoms with E-state index in [0.29, 0.717) is 33.8 Å². The van der Waals surface area contributed by atoms with Crippen LogP contribution in [0.3, 0.4) is 0 Å². The molecule has 2 aromatic carbocycles. The first-order valence-corrected chi connectivity index (χ1v) is 13.3. The molecule has 4 heterocycles. The molecule has 0 saturated heterocycles. The molecule has 6 aromatic rings.